The number of benzene rings is 2. The Bertz CT molecular complexity index is 2030. The minimum atomic E-state index is -0.617. The molecule has 0 fully saturated rings. The Balaban J connectivity index is 1.60. The molecule has 0 saturated carbocycles. The maximum atomic E-state index is 12.3. The number of hydrogen-bond acceptors (Lipinski definition) is 8. The van der Waals surface area contributed by atoms with Crippen LogP contribution in [0.3, 0.4) is 0 Å². The smallest absolute Gasteiger partial charge is 0.290 e. The van der Waals surface area contributed by atoms with Crippen LogP contribution in [0, 0.1) is 12.0 Å². The monoisotopic (exact) mass is 845 g/mol. The van der Waals surface area contributed by atoms with Gasteiger partial charge < -0.3 is 23.5 Å². The number of rotatable bonds is 15. The van der Waals surface area contributed by atoms with Crippen molar-refractivity contribution >= 4 is 50.2 Å². The summed E-state index contributed by atoms with van der Waals surface area (Å²) in [6.07, 6.45) is 15.4. The summed E-state index contributed by atoms with van der Waals surface area (Å²) in [4.78, 5) is 14.2. The van der Waals surface area contributed by atoms with Crippen LogP contribution in [0.5, 0.6) is 23.0 Å². The van der Waals surface area contributed by atoms with E-state index in [4.69, 9.17) is 18.9 Å². The number of carbonyl (C=O) groups excluding carboxylic acids is 1. The molecule has 10 heteroatoms. The van der Waals surface area contributed by atoms with E-state index in [0.717, 1.165) is 83.6 Å². The van der Waals surface area contributed by atoms with Crippen molar-refractivity contribution in [3.63, 3.8) is 0 Å². The van der Waals surface area contributed by atoms with Gasteiger partial charge in [0, 0.05) is 45.3 Å². The van der Waals surface area contributed by atoms with Gasteiger partial charge in [-0.1, -0.05) is 55.8 Å². The summed E-state index contributed by atoms with van der Waals surface area (Å²) in [5.74, 6) is 5.53. The zero-order valence-corrected chi connectivity index (χ0v) is 37.0. The molecular weight excluding hydrogens is 788 g/mol. The largest absolute Gasteiger partial charge is 0.490 e. The minimum absolute atomic E-state index is 0.127. The predicted molar refractivity (Wildman–Crippen MR) is 234 cm³/mol. The van der Waals surface area contributed by atoms with Crippen LogP contribution in [-0.4, -0.2) is 53.4 Å². The molecule has 0 amide bonds. The number of carbonyl (C=O) groups is 1. The van der Waals surface area contributed by atoms with E-state index in [-0.39, 0.29) is 17.5 Å². The first-order chi connectivity index (χ1) is 27.1. The molecule has 0 spiro atoms. The summed E-state index contributed by atoms with van der Waals surface area (Å²) in [6, 6.07) is 11.5. The molecule has 0 unspecified atom stereocenters. The highest BCUT2D eigenvalue weighted by Crippen LogP contribution is 2.55. The molecule has 3 aliphatic rings. The average molecular weight is 847 g/mol. The van der Waals surface area contributed by atoms with Crippen molar-refractivity contribution in [2.75, 3.05) is 38.4 Å². The lowest BCUT2D eigenvalue weighted by molar-refractivity contribution is -0.401. The molecule has 0 bridgehead atoms. The van der Waals surface area contributed by atoms with Crippen LogP contribution in [0.4, 0.5) is 11.4 Å². The maximum absolute atomic E-state index is 12.3. The highest BCUT2D eigenvalue weighted by atomic mass is 79.9. The van der Waals surface area contributed by atoms with Crippen LogP contribution in [-0.2, 0) is 15.6 Å². The third-order valence-electron chi connectivity index (χ3n) is 11.6. The van der Waals surface area contributed by atoms with Gasteiger partial charge in [0.05, 0.1) is 55.6 Å². The van der Waals surface area contributed by atoms with Gasteiger partial charge in [0.1, 0.15) is 7.05 Å². The normalized spacial score (nSPS) is 18.4. The Morgan fingerprint density at radius 2 is 1.36 bits per heavy atom. The number of halogens is 1. The van der Waals surface area contributed by atoms with E-state index in [1.54, 1.807) is 0 Å². The SMILES string of the molecule is CCOc1cc2c(cc1OCC)C(CC)(CC)C(=CC=C1CCCC(C=CC3=[N+](C)c4cc(OCC)c(OCC)cc4C3(CC)CC)=C1Br)N2C#CC(=O)SO. The molecule has 2 aromatic carbocycles. The van der Waals surface area contributed by atoms with Crippen LogP contribution in [0.2, 0.25) is 0 Å². The van der Waals surface area contributed by atoms with Crippen LogP contribution in [0.15, 0.2) is 69.9 Å². The van der Waals surface area contributed by atoms with Crippen LogP contribution in [0.25, 0.3) is 0 Å². The van der Waals surface area contributed by atoms with Gasteiger partial charge >= 0.3 is 0 Å². The molecule has 0 saturated heterocycles. The Kier molecular flexibility index (Phi) is 14.7. The molecule has 2 aromatic rings. The highest BCUT2D eigenvalue weighted by molar-refractivity contribution is 9.12. The van der Waals surface area contributed by atoms with Gasteiger partial charge in [-0.3, -0.25) is 9.69 Å². The third kappa shape index (κ3) is 7.97. The van der Waals surface area contributed by atoms with Gasteiger partial charge in [0.2, 0.25) is 5.69 Å². The van der Waals surface area contributed by atoms with Crippen molar-refractivity contribution in [3.05, 3.63) is 81.0 Å². The first kappa shape index (κ1) is 43.2. The topological polar surface area (TPSA) is 80.5 Å². The van der Waals surface area contributed by atoms with Crippen molar-refractivity contribution in [2.45, 2.75) is 111 Å². The lowest BCUT2D eigenvalue weighted by atomic mass is 9.73. The molecule has 0 atom stereocenters. The van der Waals surface area contributed by atoms with Gasteiger partial charge in [-0.05, 0) is 108 Å². The lowest BCUT2D eigenvalue weighted by Crippen LogP contribution is -2.32. The van der Waals surface area contributed by atoms with Gasteiger partial charge in [-0.25, -0.2) is 0 Å². The quantitative estimate of drug-likeness (QED) is 0.108. The number of ether oxygens (including phenoxy) is 4. The molecule has 8 nitrogen and oxygen atoms in total. The second-order valence-corrected chi connectivity index (χ2v) is 15.5. The van der Waals surface area contributed by atoms with Crippen LogP contribution in [0.1, 0.15) is 111 Å². The van der Waals surface area contributed by atoms with Crippen molar-refractivity contribution in [1.29, 1.82) is 0 Å². The van der Waals surface area contributed by atoms with Gasteiger partial charge in [-0.2, -0.15) is 4.58 Å². The van der Waals surface area contributed by atoms with E-state index in [2.05, 4.69) is 110 Å². The first-order valence-electron chi connectivity index (χ1n) is 20.2. The molecule has 2 aliphatic heterocycles. The average Bonchev–Trinajstić information content (AvgIpc) is 3.59. The molecule has 0 radical (unpaired) electrons. The fourth-order valence-corrected chi connectivity index (χ4v) is 9.53. The summed E-state index contributed by atoms with van der Waals surface area (Å²) < 4.78 is 37.1. The fourth-order valence-electron chi connectivity index (χ4n) is 8.77. The summed E-state index contributed by atoms with van der Waals surface area (Å²) >= 11 is 4.17. The van der Waals surface area contributed by atoms with Crippen molar-refractivity contribution in [2.24, 2.45) is 0 Å². The van der Waals surface area contributed by atoms with Gasteiger partial charge in [-0.15, -0.1) is 0 Å². The second kappa shape index (κ2) is 19.0. The van der Waals surface area contributed by atoms with Gasteiger partial charge in [0.15, 0.2) is 28.7 Å². The zero-order valence-electron chi connectivity index (χ0n) is 34.6. The number of hydrogen-bond donors (Lipinski definition) is 1. The van der Waals surface area contributed by atoms with E-state index in [0.29, 0.717) is 37.9 Å². The Labute approximate surface area is 347 Å². The molecular formula is C46H58BrN2O6S+. The second-order valence-electron chi connectivity index (χ2n) is 14.1. The van der Waals surface area contributed by atoms with Crippen LogP contribution < -0.4 is 23.8 Å². The minimum Gasteiger partial charge on any atom is -0.490 e. The number of anilines is 1. The fraction of sp³-hybridized carbons (Fsp3) is 0.478. The number of fused-ring (bicyclic) bond motifs is 2. The maximum Gasteiger partial charge on any atom is 0.290 e. The summed E-state index contributed by atoms with van der Waals surface area (Å²) in [7, 11) is 2.16. The molecule has 2 heterocycles. The van der Waals surface area contributed by atoms with Crippen LogP contribution >= 0.6 is 28.0 Å². The van der Waals surface area contributed by atoms with E-state index in [9.17, 15) is 9.35 Å². The van der Waals surface area contributed by atoms with Crippen molar-refractivity contribution in [1.82, 2.24) is 0 Å². The molecule has 5 rings (SSSR count). The molecule has 1 N–H and O–H groups in total. The number of allylic oxidation sites excluding steroid dienone is 8. The van der Waals surface area contributed by atoms with E-state index >= 15 is 0 Å². The van der Waals surface area contributed by atoms with E-state index < -0.39 is 10.5 Å². The standard InChI is InChI=1S/C46H57BrN2O6S/c1-10-45(11-2)33-27-37(52-14-5)39(54-16-7)29-35(33)48(9)41(45)23-21-31-19-18-20-32(44(31)47)22-24-42-46(12-3,13-4)34-28-38(53-15-6)40(55-17-8)30-36(34)49(42)26-25-43(50)56-51/h21-24,27-30H,10-20H2,1-9H3/p+1. The third-order valence-corrected chi connectivity index (χ3v) is 12.9. The number of nitrogens with zero attached hydrogens (tertiary/aromatic N) is 2. The molecule has 300 valence electrons. The molecule has 0 aromatic heterocycles. The Morgan fingerprint density at radius 1 is 0.804 bits per heavy atom. The highest BCUT2D eigenvalue weighted by Gasteiger charge is 2.49. The van der Waals surface area contributed by atoms with E-state index in [1.807, 2.05) is 38.7 Å². The first-order valence-corrected chi connectivity index (χ1v) is 21.8. The molecule has 56 heavy (non-hydrogen) atoms. The summed E-state index contributed by atoms with van der Waals surface area (Å²) in [5.41, 5.74) is 8.51. The van der Waals surface area contributed by atoms with Crippen molar-refractivity contribution in [3.8, 4) is 35.0 Å². The summed E-state index contributed by atoms with van der Waals surface area (Å²) in [5, 5.41) is -0.617. The predicted octanol–water partition coefficient (Wildman–Crippen LogP) is 11.5. The Hall–Kier alpha value is -3.91. The lowest BCUT2D eigenvalue weighted by Gasteiger charge is -2.30. The van der Waals surface area contributed by atoms with Gasteiger partial charge in [0.25, 0.3) is 5.12 Å². The summed E-state index contributed by atoms with van der Waals surface area (Å²) in [6.45, 7) is 19.0. The zero-order chi connectivity index (χ0) is 40.6. The molecule has 1 aliphatic carbocycles. The van der Waals surface area contributed by atoms with Crippen molar-refractivity contribution < 1.29 is 32.9 Å². The van der Waals surface area contributed by atoms with E-state index in [1.165, 1.54) is 22.4 Å². The Morgan fingerprint density at radius 3 is 1.91 bits per heavy atom.